The van der Waals surface area contributed by atoms with Crippen molar-refractivity contribution in [2.45, 2.75) is 0 Å². The van der Waals surface area contributed by atoms with Gasteiger partial charge in [0.05, 0.1) is 0 Å². The summed E-state index contributed by atoms with van der Waals surface area (Å²) in [6.07, 6.45) is 1.07. The van der Waals surface area contributed by atoms with Crippen molar-refractivity contribution in [2.24, 2.45) is 0 Å². The van der Waals surface area contributed by atoms with Gasteiger partial charge in [-0.05, 0) is 0 Å². The van der Waals surface area contributed by atoms with Crippen LogP contribution in [-0.2, 0) is 0 Å². The van der Waals surface area contributed by atoms with Crippen LogP contribution in [0.3, 0.4) is 0 Å². The molecule has 0 fully saturated rings. The second-order valence-electron chi connectivity index (χ2n) is 0.948. The molecule has 0 saturated heterocycles. The highest BCUT2D eigenvalue weighted by Gasteiger charge is 1.97. The van der Waals surface area contributed by atoms with E-state index in [1.54, 1.807) is 0 Å². The number of oxazole rings is 1. The lowest BCUT2D eigenvalue weighted by molar-refractivity contribution is 0.332. The number of rotatable bonds is 0. The Kier molecular flexibility index (Phi) is 0.906. The fourth-order valence-electron chi connectivity index (χ4n) is 0.226. The quantitative estimate of drug-likeness (QED) is 0.555. The van der Waals surface area contributed by atoms with Crippen molar-refractivity contribution in [3.8, 4) is 5.95 Å². The second kappa shape index (κ2) is 1.42. The van der Waals surface area contributed by atoms with Crippen LogP contribution in [0.5, 0.6) is 5.95 Å². The van der Waals surface area contributed by atoms with Gasteiger partial charge < -0.3 is 9.52 Å². The lowest BCUT2D eigenvalue weighted by Gasteiger charge is -1.73. The van der Waals surface area contributed by atoms with Crippen LogP contribution in [0.4, 0.5) is 0 Å². The molecular formula is C3H2ClNO2. The molecule has 1 rings (SSSR count). The third kappa shape index (κ3) is 0.667. The first-order valence-electron chi connectivity index (χ1n) is 1.58. The van der Waals surface area contributed by atoms with E-state index < -0.39 is 0 Å². The van der Waals surface area contributed by atoms with Gasteiger partial charge in [0.25, 0.3) is 0 Å². The van der Waals surface area contributed by atoms with Crippen molar-refractivity contribution in [1.82, 2.24) is 4.98 Å². The molecule has 1 heterocycles. The third-order valence-electron chi connectivity index (χ3n) is 0.507. The van der Waals surface area contributed by atoms with Crippen LogP contribution >= 0.6 is 11.6 Å². The summed E-state index contributed by atoms with van der Waals surface area (Å²) in [5.74, 6) is -0.332. The van der Waals surface area contributed by atoms with Gasteiger partial charge in [0.1, 0.15) is 0 Å². The largest absolute Gasteiger partial charge is 0.478 e. The van der Waals surface area contributed by atoms with Gasteiger partial charge in [-0.25, -0.2) is 4.98 Å². The number of hydrogen-bond donors (Lipinski definition) is 1. The Morgan fingerprint density at radius 1 is 1.86 bits per heavy atom. The fraction of sp³-hybridized carbons (Fsp3) is 0. The number of nitrogens with zero attached hydrogens (tertiary/aromatic N) is 1. The molecule has 7 heavy (non-hydrogen) atoms. The molecule has 0 bridgehead atoms. The highest BCUT2D eigenvalue weighted by atomic mass is 35.5. The lowest BCUT2D eigenvalue weighted by atomic mass is 10.9. The summed E-state index contributed by atoms with van der Waals surface area (Å²) in [6.45, 7) is 0. The Hall–Kier alpha value is -0.700. The normalized spacial score (nSPS) is 9.29. The van der Waals surface area contributed by atoms with Crippen LogP contribution in [-0.4, -0.2) is 10.1 Å². The zero-order valence-corrected chi connectivity index (χ0v) is 4.01. The molecule has 0 aliphatic heterocycles. The minimum atomic E-state index is -0.332. The molecule has 0 aliphatic rings. The maximum Gasteiger partial charge on any atom is 0.322 e. The maximum absolute atomic E-state index is 8.40. The molecule has 3 nitrogen and oxygen atoms in total. The van der Waals surface area contributed by atoms with Gasteiger partial charge in [0.15, 0.2) is 6.39 Å². The van der Waals surface area contributed by atoms with Gasteiger partial charge >= 0.3 is 5.95 Å². The molecule has 0 aromatic carbocycles. The highest BCUT2D eigenvalue weighted by Crippen LogP contribution is 2.18. The molecule has 0 spiro atoms. The SMILES string of the molecule is Oc1ocnc1Cl. The van der Waals surface area contributed by atoms with E-state index in [2.05, 4.69) is 9.40 Å². The Labute approximate surface area is 44.5 Å². The van der Waals surface area contributed by atoms with Crippen molar-refractivity contribution < 1.29 is 9.52 Å². The second-order valence-corrected chi connectivity index (χ2v) is 1.31. The van der Waals surface area contributed by atoms with Gasteiger partial charge in [-0.1, -0.05) is 11.6 Å². The van der Waals surface area contributed by atoms with Crippen molar-refractivity contribution in [3.63, 3.8) is 0 Å². The van der Waals surface area contributed by atoms with Crippen molar-refractivity contribution in [2.75, 3.05) is 0 Å². The van der Waals surface area contributed by atoms with Gasteiger partial charge in [-0.3, -0.25) is 0 Å². The summed E-state index contributed by atoms with van der Waals surface area (Å²) < 4.78 is 4.28. The lowest BCUT2D eigenvalue weighted by Crippen LogP contribution is -1.55. The Morgan fingerprint density at radius 3 is 2.71 bits per heavy atom. The molecule has 0 aliphatic carbocycles. The third-order valence-corrected chi connectivity index (χ3v) is 0.766. The van der Waals surface area contributed by atoms with Crippen molar-refractivity contribution in [3.05, 3.63) is 11.5 Å². The van der Waals surface area contributed by atoms with E-state index in [9.17, 15) is 0 Å². The summed E-state index contributed by atoms with van der Waals surface area (Å²) in [4.78, 5) is 3.36. The number of aromatic hydroxyl groups is 1. The first kappa shape index (κ1) is 4.46. The first-order chi connectivity index (χ1) is 3.30. The average Bonchev–Trinajstić information content (AvgIpc) is 1.91. The van der Waals surface area contributed by atoms with E-state index in [1.165, 1.54) is 0 Å². The van der Waals surface area contributed by atoms with Gasteiger partial charge in [-0.15, -0.1) is 0 Å². The van der Waals surface area contributed by atoms with Gasteiger partial charge in [-0.2, -0.15) is 0 Å². The number of halogens is 1. The molecular weight excluding hydrogens is 117 g/mol. The zero-order chi connectivity index (χ0) is 5.28. The summed E-state index contributed by atoms with van der Waals surface area (Å²) in [6, 6.07) is 0. The van der Waals surface area contributed by atoms with E-state index in [4.69, 9.17) is 16.7 Å². The monoisotopic (exact) mass is 119 g/mol. The zero-order valence-electron chi connectivity index (χ0n) is 3.26. The molecule has 0 amide bonds. The van der Waals surface area contributed by atoms with Crippen LogP contribution in [0, 0.1) is 0 Å². The summed E-state index contributed by atoms with van der Waals surface area (Å²) in [5, 5.41) is 8.40. The number of hydrogen-bond acceptors (Lipinski definition) is 3. The summed E-state index contributed by atoms with van der Waals surface area (Å²) in [5.41, 5.74) is 0. The van der Waals surface area contributed by atoms with E-state index in [-0.39, 0.29) is 11.1 Å². The molecule has 0 saturated carbocycles. The van der Waals surface area contributed by atoms with Crippen LogP contribution in [0.15, 0.2) is 10.8 Å². The van der Waals surface area contributed by atoms with Gasteiger partial charge in [0.2, 0.25) is 5.15 Å². The molecule has 0 unspecified atom stereocenters. The standard InChI is InChI=1S/C3H2ClNO2/c4-2-3(6)7-1-5-2/h1,6H. The van der Waals surface area contributed by atoms with E-state index in [1.807, 2.05) is 0 Å². The number of aromatic nitrogens is 1. The van der Waals surface area contributed by atoms with Crippen LogP contribution < -0.4 is 0 Å². The molecule has 0 radical (unpaired) electrons. The highest BCUT2D eigenvalue weighted by molar-refractivity contribution is 6.30. The average molecular weight is 120 g/mol. The molecule has 1 aromatic rings. The molecule has 1 N–H and O–H groups in total. The smallest absolute Gasteiger partial charge is 0.322 e. The summed E-state index contributed by atoms with van der Waals surface area (Å²) >= 11 is 5.17. The van der Waals surface area contributed by atoms with E-state index in [0.717, 1.165) is 6.39 Å². The van der Waals surface area contributed by atoms with E-state index in [0.29, 0.717) is 0 Å². The molecule has 4 heteroatoms. The van der Waals surface area contributed by atoms with Crippen LogP contribution in [0.1, 0.15) is 0 Å². The van der Waals surface area contributed by atoms with Crippen LogP contribution in [0.25, 0.3) is 0 Å². The molecule has 38 valence electrons. The van der Waals surface area contributed by atoms with E-state index >= 15 is 0 Å². The predicted molar refractivity (Wildman–Crippen MR) is 23.2 cm³/mol. The first-order valence-corrected chi connectivity index (χ1v) is 1.96. The van der Waals surface area contributed by atoms with Gasteiger partial charge in [0, 0.05) is 0 Å². The summed E-state index contributed by atoms with van der Waals surface area (Å²) in [7, 11) is 0. The van der Waals surface area contributed by atoms with Crippen molar-refractivity contribution in [1.29, 1.82) is 0 Å². The Balaban J connectivity index is 3.12. The Morgan fingerprint density at radius 2 is 2.57 bits per heavy atom. The van der Waals surface area contributed by atoms with Crippen LogP contribution in [0.2, 0.25) is 5.15 Å². The molecule has 0 atom stereocenters. The predicted octanol–water partition coefficient (Wildman–Crippen LogP) is 1.03. The Bertz CT molecular complexity index is 145. The maximum atomic E-state index is 8.40. The minimum Gasteiger partial charge on any atom is -0.478 e. The fourth-order valence-corrected chi connectivity index (χ4v) is 0.311. The topological polar surface area (TPSA) is 46.3 Å². The minimum absolute atomic E-state index is 0.000000000000000444. The molecule has 1 aromatic heterocycles. The van der Waals surface area contributed by atoms with Crippen molar-refractivity contribution >= 4 is 11.6 Å².